The lowest BCUT2D eigenvalue weighted by atomic mass is 9.89. The largest absolute Gasteiger partial charge is 0.508 e. The summed E-state index contributed by atoms with van der Waals surface area (Å²) in [6.45, 7) is 1.77. The molecule has 1 aliphatic carbocycles. The van der Waals surface area contributed by atoms with Crippen molar-refractivity contribution in [3.63, 3.8) is 0 Å². The Morgan fingerprint density at radius 3 is 1.92 bits per heavy atom. The fraction of sp³-hybridized carbons (Fsp3) is 0.737. The molecule has 61 heavy (non-hydrogen) atoms. The third-order valence-corrected chi connectivity index (χ3v) is 11.6. The summed E-state index contributed by atoms with van der Waals surface area (Å²) in [6, 6.07) is 4.96. The molecule has 0 spiro atoms. The van der Waals surface area contributed by atoms with Crippen LogP contribution in [0.15, 0.2) is 24.3 Å². The Balaban J connectivity index is 1.10. The van der Waals surface area contributed by atoms with Crippen LogP contribution in [-0.4, -0.2) is 221 Å². The predicted octanol–water partition coefficient (Wildman–Crippen LogP) is -6.09. The maximum Gasteiger partial charge on any atom is 0.335 e. The van der Waals surface area contributed by atoms with Crippen LogP contribution in [0.1, 0.15) is 31.4 Å². The van der Waals surface area contributed by atoms with Crippen LogP contribution in [0.4, 0.5) is 0 Å². The summed E-state index contributed by atoms with van der Waals surface area (Å²) < 4.78 is 39.3. The molecule has 5 aliphatic rings. The number of rotatable bonds is 14. The standard InChI is InChI=1S/C38H55NO22/c1-12(2)29-27(50)30(58-38-26(49)22(45)24(47)33(61-38)35(53)54)20(43)18(56-29)11-55-36-28(51)31(19(42)17(10-40)57-36)59-37-25(48)21(44)23(46)32(60-37)34(52)39-8-7-14-4-3-13-5-6-15(41)9-16(13)14/h4-6,9,12,17-33,36-38,40-51H,3,7-8,10-11H2,1-2H3,(H,39,52)(H,53,54). The first-order valence-electron chi connectivity index (χ1n) is 19.8. The monoisotopic (exact) mass is 877 g/mol. The summed E-state index contributed by atoms with van der Waals surface area (Å²) >= 11 is 0. The number of phenolic OH excluding ortho intramolecular Hbond substituents is 1. The van der Waals surface area contributed by atoms with E-state index in [1.165, 1.54) is 0 Å². The maximum absolute atomic E-state index is 13.2. The molecule has 20 atom stereocenters. The third-order valence-electron chi connectivity index (χ3n) is 11.6. The van der Waals surface area contributed by atoms with E-state index in [1.54, 1.807) is 32.0 Å². The number of hydrogen-bond acceptors (Lipinski definition) is 21. The first kappa shape index (κ1) is 47.5. The Morgan fingerprint density at radius 1 is 0.721 bits per heavy atom. The molecule has 1 amide bonds. The van der Waals surface area contributed by atoms with E-state index in [4.69, 9.17) is 33.2 Å². The quantitative estimate of drug-likeness (QED) is 0.0827. The molecule has 14 N–H and O–H groups in total. The van der Waals surface area contributed by atoms with Crippen LogP contribution in [-0.2, 0) is 49.2 Å². The SMILES string of the molecule is CC(C)C1OC(COC2OC(CO)C(O)C(OC3OC(C(=O)NCCC4=CCc5ccc(O)cc54)C(O)C(O)C3O)C2O)C(O)C(OC2OC(C(=O)O)C(O)C(O)C2O)C1O. The predicted molar refractivity (Wildman–Crippen MR) is 197 cm³/mol. The Hall–Kier alpha value is -3.02. The smallest absolute Gasteiger partial charge is 0.335 e. The molecule has 4 saturated heterocycles. The molecule has 4 fully saturated rings. The van der Waals surface area contributed by atoms with Gasteiger partial charge in [-0.05, 0) is 47.6 Å². The van der Waals surface area contributed by atoms with Crippen molar-refractivity contribution < 1.29 is 109 Å². The van der Waals surface area contributed by atoms with Gasteiger partial charge in [-0.2, -0.15) is 0 Å². The second-order valence-electron chi connectivity index (χ2n) is 16.1. The van der Waals surface area contributed by atoms with Crippen LogP contribution >= 0.6 is 0 Å². The molecule has 6 rings (SSSR count). The molecule has 1 aromatic rings. The molecule has 23 nitrogen and oxygen atoms in total. The van der Waals surface area contributed by atoms with Crippen LogP contribution < -0.4 is 5.32 Å². The third kappa shape index (κ3) is 9.89. The van der Waals surface area contributed by atoms with Crippen LogP contribution in [0, 0.1) is 5.92 Å². The number of phenols is 1. The number of carbonyl (C=O) groups excluding carboxylic acids is 1. The molecule has 344 valence electrons. The topological polar surface area (TPSA) is 374 Å². The van der Waals surface area contributed by atoms with Gasteiger partial charge in [-0.25, -0.2) is 4.79 Å². The summed E-state index contributed by atoms with van der Waals surface area (Å²) in [7, 11) is 0. The van der Waals surface area contributed by atoms with Gasteiger partial charge in [0, 0.05) is 6.54 Å². The van der Waals surface area contributed by atoms with Crippen LogP contribution in [0.2, 0.25) is 0 Å². The number of carboxylic acids is 1. The Kier molecular flexibility index (Phi) is 15.4. The summed E-state index contributed by atoms with van der Waals surface area (Å²) in [5.74, 6) is -3.00. The van der Waals surface area contributed by atoms with Crippen LogP contribution in [0.5, 0.6) is 5.75 Å². The number of aromatic hydroxyl groups is 1. The number of ether oxygens (including phenoxy) is 7. The second-order valence-corrected chi connectivity index (χ2v) is 16.1. The minimum absolute atomic E-state index is 0.0447. The van der Waals surface area contributed by atoms with Crippen molar-refractivity contribution in [1.29, 1.82) is 0 Å². The van der Waals surface area contributed by atoms with Crippen molar-refractivity contribution in [2.24, 2.45) is 5.92 Å². The highest BCUT2D eigenvalue weighted by Gasteiger charge is 2.55. The van der Waals surface area contributed by atoms with Crippen molar-refractivity contribution >= 4 is 17.4 Å². The number of amides is 1. The molecule has 4 heterocycles. The zero-order valence-electron chi connectivity index (χ0n) is 33.0. The van der Waals surface area contributed by atoms with E-state index in [-0.39, 0.29) is 12.3 Å². The molecule has 0 aromatic heterocycles. The Bertz CT molecular complexity index is 1700. The van der Waals surface area contributed by atoms with E-state index >= 15 is 0 Å². The number of allylic oxidation sites excluding steroid dienone is 1. The first-order chi connectivity index (χ1) is 28.8. The Labute approximate surface area is 347 Å². The van der Waals surface area contributed by atoms with Gasteiger partial charge in [-0.3, -0.25) is 4.79 Å². The summed E-state index contributed by atoms with van der Waals surface area (Å²) in [6.07, 6.45) is -33.8. The Morgan fingerprint density at radius 2 is 1.31 bits per heavy atom. The molecular formula is C38H55NO22. The van der Waals surface area contributed by atoms with Crippen molar-refractivity contribution in [3.8, 4) is 5.75 Å². The van der Waals surface area contributed by atoms with E-state index in [9.17, 15) is 76.0 Å². The number of carboxylic acid groups (broad SMARTS) is 1. The number of fused-ring (bicyclic) bond motifs is 1. The van der Waals surface area contributed by atoms with E-state index in [0.717, 1.165) is 16.7 Å². The molecule has 0 radical (unpaired) electrons. The normalized spacial score (nSPS) is 42.8. The minimum Gasteiger partial charge on any atom is -0.508 e. The maximum atomic E-state index is 13.2. The minimum atomic E-state index is -2.05. The van der Waals surface area contributed by atoms with Gasteiger partial charge in [0.1, 0.15) is 91.2 Å². The van der Waals surface area contributed by atoms with Crippen molar-refractivity contribution in [3.05, 3.63) is 35.4 Å². The molecule has 4 aliphatic heterocycles. The molecular weight excluding hydrogens is 822 g/mol. The number of carbonyl (C=O) groups is 2. The van der Waals surface area contributed by atoms with Crippen LogP contribution in [0.25, 0.3) is 5.57 Å². The molecule has 1 aromatic carbocycles. The molecule has 0 bridgehead atoms. The van der Waals surface area contributed by atoms with E-state index < -0.39 is 154 Å². The number of aliphatic carboxylic acids is 1. The van der Waals surface area contributed by atoms with E-state index in [1.807, 2.05) is 6.08 Å². The first-order valence-corrected chi connectivity index (χ1v) is 19.8. The van der Waals surface area contributed by atoms with Gasteiger partial charge < -0.3 is 105 Å². The highest BCUT2D eigenvalue weighted by molar-refractivity contribution is 5.82. The van der Waals surface area contributed by atoms with Crippen molar-refractivity contribution in [2.45, 2.75) is 149 Å². The summed E-state index contributed by atoms with van der Waals surface area (Å²) in [5.41, 5.74) is 2.66. The fourth-order valence-electron chi connectivity index (χ4n) is 8.05. The number of nitrogens with one attached hydrogen (secondary N) is 1. The lowest BCUT2D eigenvalue weighted by Gasteiger charge is -2.48. The van der Waals surface area contributed by atoms with Crippen molar-refractivity contribution in [1.82, 2.24) is 5.32 Å². The summed E-state index contributed by atoms with van der Waals surface area (Å²) in [4.78, 5) is 24.8. The average Bonchev–Trinajstić information content (AvgIpc) is 3.62. The van der Waals surface area contributed by atoms with Crippen molar-refractivity contribution in [2.75, 3.05) is 19.8 Å². The lowest BCUT2D eigenvalue weighted by molar-refractivity contribution is -0.362. The molecule has 23 heteroatoms. The summed E-state index contributed by atoms with van der Waals surface area (Å²) in [5, 5.41) is 140. The molecule has 20 unspecified atom stereocenters. The van der Waals surface area contributed by atoms with Crippen LogP contribution in [0.3, 0.4) is 0 Å². The average molecular weight is 878 g/mol. The highest BCUT2D eigenvalue weighted by Crippen LogP contribution is 2.35. The number of benzene rings is 1. The number of aliphatic hydroxyl groups excluding tert-OH is 11. The number of hydrogen-bond donors (Lipinski definition) is 14. The van der Waals surface area contributed by atoms with Gasteiger partial charge in [0.05, 0.1) is 19.3 Å². The van der Waals surface area contributed by atoms with Gasteiger partial charge in [0.15, 0.2) is 31.1 Å². The second kappa shape index (κ2) is 19.8. The zero-order chi connectivity index (χ0) is 44.6. The van der Waals surface area contributed by atoms with E-state index in [2.05, 4.69) is 5.32 Å². The molecule has 0 saturated carbocycles. The highest BCUT2D eigenvalue weighted by atomic mass is 16.7. The lowest BCUT2D eigenvalue weighted by Crippen LogP contribution is -2.66. The van der Waals surface area contributed by atoms with E-state index in [0.29, 0.717) is 12.8 Å². The number of aliphatic hydroxyl groups is 11. The van der Waals surface area contributed by atoms with Gasteiger partial charge >= 0.3 is 5.97 Å². The van der Waals surface area contributed by atoms with Gasteiger partial charge in [-0.1, -0.05) is 26.0 Å². The van der Waals surface area contributed by atoms with Gasteiger partial charge in [0.2, 0.25) is 0 Å². The van der Waals surface area contributed by atoms with Gasteiger partial charge in [-0.15, -0.1) is 0 Å². The van der Waals surface area contributed by atoms with Gasteiger partial charge in [0.25, 0.3) is 5.91 Å². The zero-order valence-corrected chi connectivity index (χ0v) is 33.0. The fourth-order valence-corrected chi connectivity index (χ4v) is 8.05.